The van der Waals surface area contributed by atoms with Crippen molar-refractivity contribution in [1.29, 1.82) is 0 Å². The molecule has 3 heterocycles. The van der Waals surface area contributed by atoms with Crippen molar-refractivity contribution in [2.45, 2.75) is 19.9 Å². The number of piperazine rings is 1. The fourth-order valence-electron chi connectivity index (χ4n) is 3.03. The van der Waals surface area contributed by atoms with Crippen LogP contribution in [0, 0.1) is 13.8 Å². The van der Waals surface area contributed by atoms with E-state index in [1.165, 1.54) is 0 Å². The zero-order chi connectivity index (χ0) is 15.9. The second-order valence-corrected chi connectivity index (χ2v) is 6.01. The lowest BCUT2D eigenvalue weighted by atomic mass is 10.1. The lowest BCUT2D eigenvalue weighted by Gasteiger charge is -2.38. The number of likely N-dealkylation sites (N-methyl/N-ethyl adjacent to an activating group) is 1. The monoisotopic (exact) mass is 302 g/mol. The minimum Gasteiger partial charge on any atom is -0.456 e. The molecule has 0 aliphatic carbocycles. The Morgan fingerprint density at radius 1 is 1.32 bits per heavy atom. The largest absolute Gasteiger partial charge is 0.456 e. The van der Waals surface area contributed by atoms with Crippen molar-refractivity contribution >= 4 is 5.91 Å². The molecule has 0 bridgehead atoms. The first kappa shape index (κ1) is 14.8. The highest BCUT2D eigenvalue weighted by atomic mass is 16.4. The average Bonchev–Trinajstić information content (AvgIpc) is 3.04. The van der Waals surface area contributed by atoms with Crippen LogP contribution in [0.25, 0.3) is 0 Å². The standard InChI is InChI=1S/C16H22N4O2/c1-11-9-12(2)22-14(11)16(21)20-8-7-18(3)13(10-20)15-17-5-6-19(15)4/h5-6,9,13H,7-8,10H2,1-4H3. The molecule has 0 N–H and O–H groups in total. The second-order valence-electron chi connectivity index (χ2n) is 6.01. The Hall–Kier alpha value is -2.08. The van der Waals surface area contributed by atoms with Crippen LogP contribution in [-0.4, -0.2) is 51.9 Å². The van der Waals surface area contributed by atoms with Crippen molar-refractivity contribution < 1.29 is 9.21 Å². The summed E-state index contributed by atoms with van der Waals surface area (Å²) < 4.78 is 7.59. The van der Waals surface area contributed by atoms with Crippen LogP contribution in [0.15, 0.2) is 22.9 Å². The molecule has 6 heteroatoms. The number of aromatic nitrogens is 2. The molecular weight excluding hydrogens is 280 g/mol. The van der Waals surface area contributed by atoms with E-state index >= 15 is 0 Å². The molecule has 1 unspecified atom stereocenters. The molecule has 1 atom stereocenters. The third-order valence-corrected chi connectivity index (χ3v) is 4.33. The van der Waals surface area contributed by atoms with Crippen molar-refractivity contribution in [3.63, 3.8) is 0 Å². The number of imidazole rings is 1. The van der Waals surface area contributed by atoms with E-state index in [2.05, 4.69) is 16.9 Å². The lowest BCUT2D eigenvalue weighted by Crippen LogP contribution is -2.49. The van der Waals surface area contributed by atoms with Crippen molar-refractivity contribution in [2.75, 3.05) is 26.7 Å². The molecule has 1 amide bonds. The van der Waals surface area contributed by atoms with Crippen molar-refractivity contribution in [1.82, 2.24) is 19.4 Å². The summed E-state index contributed by atoms with van der Waals surface area (Å²) in [4.78, 5) is 21.3. The van der Waals surface area contributed by atoms with E-state index in [0.29, 0.717) is 18.8 Å². The van der Waals surface area contributed by atoms with E-state index in [0.717, 1.165) is 23.7 Å². The summed E-state index contributed by atoms with van der Waals surface area (Å²) >= 11 is 0. The fourth-order valence-corrected chi connectivity index (χ4v) is 3.03. The Morgan fingerprint density at radius 3 is 2.68 bits per heavy atom. The lowest BCUT2D eigenvalue weighted by molar-refractivity contribution is 0.0498. The van der Waals surface area contributed by atoms with E-state index in [-0.39, 0.29) is 11.9 Å². The van der Waals surface area contributed by atoms with E-state index in [9.17, 15) is 4.79 Å². The Morgan fingerprint density at radius 2 is 2.09 bits per heavy atom. The van der Waals surface area contributed by atoms with Gasteiger partial charge in [0, 0.05) is 44.6 Å². The molecule has 1 fully saturated rings. The predicted molar refractivity (Wildman–Crippen MR) is 82.7 cm³/mol. The first-order valence-electron chi connectivity index (χ1n) is 7.51. The molecule has 1 aliphatic rings. The van der Waals surface area contributed by atoms with Gasteiger partial charge in [-0.3, -0.25) is 9.69 Å². The maximum Gasteiger partial charge on any atom is 0.289 e. The number of furan rings is 1. The first-order valence-corrected chi connectivity index (χ1v) is 7.51. The highest BCUT2D eigenvalue weighted by Gasteiger charge is 2.32. The fraction of sp³-hybridized carbons (Fsp3) is 0.500. The number of carbonyl (C=O) groups is 1. The van der Waals surface area contributed by atoms with E-state index in [1.807, 2.05) is 42.6 Å². The minimum absolute atomic E-state index is 0.0297. The molecule has 0 radical (unpaired) electrons. The van der Waals surface area contributed by atoms with E-state index < -0.39 is 0 Å². The van der Waals surface area contributed by atoms with Crippen LogP contribution in [0.2, 0.25) is 0 Å². The Kier molecular flexibility index (Phi) is 3.78. The van der Waals surface area contributed by atoms with E-state index in [4.69, 9.17) is 4.42 Å². The molecule has 1 saturated heterocycles. The van der Waals surface area contributed by atoms with Crippen LogP contribution < -0.4 is 0 Å². The Balaban J connectivity index is 1.83. The summed E-state index contributed by atoms with van der Waals surface area (Å²) in [5, 5.41) is 0. The van der Waals surface area contributed by atoms with Gasteiger partial charge in [-0.1, -0.05) is 0 Å². The van der Waals surface area contributed by atoms with Gasteiger partial charge in [-0.2, -0.15) is 0 Å². The maximum absolute atomic E-state index is 12.7. The molecule has 3 rings (SSSR count). The Labute approximate surface area is 130 Å². The molecule has 1 aliphatic heterocycles. The average molecular weight is 302 g/mol. The van der Waals surface area contributed by atoms with Gasteiger partial charge in [0.1, 0.15) is 11.6 Å². The third kappa shape index (κ3) is 2.54. The van der Waals surface area contributed by atoms with Gasteiger partial charge in [-0.25, -0.2) is 4.98 Å². The van der Waals surface area contributed by atoms with Gasteiger partial charge in [0.2, 0.25) is 0 Å². The van der Waals surface area contributed by atoms with Gasteiger partial charge in [-0.05, 0) is 27.0 Å². The summed E-state index contributed by atoms with van der Waals surface area (Å²) in [5.41, 5.74) is 0.898. The molecular formula is C16H22N4O2. The number of rotatable bonds is 2. The van der Waals surface area contributed by atoms with Gasteiger partial charge in [0.15, 0.2) is 5.76 Å². The van der Waals surface area contributed by atoms with Gasteiger partial charge in [0.25, 0.3) is 5.91 Å². The molecule has 2 aromatic rings. The van der Waals surface area contributed by atoms with Crippen molar-refractivity contribution in [2.24, 2.45) is 7.05 Å². The van der Waals surface area contributed by atoms with E-state index in [1.54, 1.807) is 6.20 Å². The predicted octanol–water partition coefficient (Wildman–Crippen LogP) is 1.76. The number of amides is 1. The zero-order valence-electron chi connectivity index (χ0n) is 13.5. The molecule has 0 aromatic carbocycles. The van der Waals surface area contributed by atoms with Crippen LogP contribution in [-0.2, 0) is 7.05 Å². The third-order valence-electron chi connectivity index (χ3n) is 4.33. The minimum atomic E-state index is -0.0297. The van der Waals surface area contributed by atoms with Crippen molar-refractivity contribution in [3.05, 3.63) is 41.4 Å². The van der Waals surface area contributed by atoms with Crippen LogP contribution in [0.5, 0.6) is 0 Å². The molecule has 0 saturated carbocycles. The molecule has 2 aromatic heterocycles. The normalized spacial score (nSPS) is 19.6. The second kappa shape index (κ2) is 5.61. The smallest absolute Gasteiger partial charge is 0.289 e. The summed E-state index contributed by atoms with van der Waals surface area (Å²) in [6.07, 6.45) is 3.73. The molecule has 6 nitrogen and oxygen atoms in total. The molecule has 22 heavy (non-hydrogen) atoms. The van der Waals surface area contributed by atoms with Crippen molar-refractivity contribution in [3.8, 4) is 0 Å². The highest BCUT2D eigenvalue weighted by Crippen LogP contribution is 2.24. The van der Waals surface area contributed by atoms with Crippen LogP contribution in [0.1, 0.15) is 33.7 Å². The number of carbonyl (C=O) groups excluding carboxylic acids is 1. The number of nitrogens with zero attached hydrogens (tertiary/aromatic N) is 4. The number of hydrogen-bond donors (Lipinski definition) is 0. The van der Waals surface area contributed by atoms with Crippen LogP contribution >= 0.6 is 0 Å². The Bertz CT molecular complexity index is 688. The van der Waals surface area contributed by atoms with Crippen LogP contribution in [0.4, 0.5) is 0 Å². The molecule has 118 valence electrons. The summed E-state index contributed by atoms with van der Waals surface area (Å²) in [7, 11) is 4.06. The SMILES string of the molecule is Cc1cc(C)c(C(=O)N2CCN(C)C(c3nccn3C)C2)o1. The van der Waals surface area contributed by atoms with Gasteiger partial charge >= 0.3 is 0 Å². The van der Waals surface area contributed by atoms with Gasteiger partial charge in [-0.15, -0.1) is 0 Å². The summed E-state index contributed by atoms with van der Waals surface area (Å²) in [5.74, 6) is 2.18. The first-order chi connectivity index (χ1) is 10.5. The summed E-state index contributed by atoms with van der Waals surface area (Å²) in [6, 6.07) is 2.01. The van der Waals surface area contributed by atoms with Gasteiger partial charge < -0.3 is 13.9 Å². The highest BCUT2D eigenvalue weighted by molar-refractivity contribution is 5.93. The topological polar surface area (TPSA) is 54.5 Å². The number of hydrogen-bond acceptors (Lipinski definition) is 4. The molecule has 0 spiro atoms. The zero-order valence-corrected chi connectivity index (χ0v) is 13.5. The summed E-state index contributed by atoms with van der Waals surface area (Å²) in [6.45, 7) is 5.93. The maximum atomic E-state index is 12.7. The van der Waals surface area contributed by atoms with Crippen LogP contribution in [0.3, 0.4) is 0 Å². The van der Waals surface area contributed by atoms with Gasteiger partial charge in [0.05, 0.1) is 6.04 Å². The number of aryl methyl sites for hydroxylation is 3. The quantitative estimate of drug-likeness (QED) is 0.848.